The Morgan fingerprint density at radius 2 is 1.95 bits per heavy atom. The molecule has 0 fully saturated rings. The van der Waals surface area contributed by atoms with Crippen molar-refractivity contribution in [2.45, 2.75) is 12.6 Å². The molecule has 0 bridgehead atoms. The zero-order valence-corrected chi connectivity index (χ0v) is 10.4. The van der Waals surface area contributed by atoms with Crippen molar-refractivity contribution >= 4 is 5.91 Å². The molecule has 20 heavy (non-hydrogen) atoms. The van der Waals surface area contributed by atoms with E-state index in [-0.39, 0.29) is 6.42 Å². The van der Waals surface area contributed by atoms with Gasteiger partial charge in [0.2, 0.25) is 5.91 Å². The number of carbonyl (C=O) groups is 1. The highest BCUT2D eigenvalue weighted by Crippen LogP contribution is 2.12. The summed E-state index contributed by atoms with van der Waals surface area (Å²) >= 11 is 0. The summed E-state index contributed by atoms with van der Waals surface area (Å²) in [6.45, 7) is -1.32. The van der Waals surface area contributed by atoms with Crippen LogP contribution in [-0.2, 0) is 11.2 Å². The minimum Gasteiger partial charge on any atom is -0.347 e. The minimum absolute atomic E-state index is 0.136. The number of halogens is 3. The van der Waals surface area contributed by atoms with E-state index in [4.69, 9.17) is 0 Å². The fourth-order valence-corrected chi connectivity index (χ4v) is 1.62. The first-order chi connectivity index (χ1) is 9.44. The first-order valence-electron chi connectivity index (χ1n) is 5.86. The Morgan fingerprint density at radius 3 is 2.60 bits per heavy atom. The maximum atomic E-state index is 11.9. The van der Waals surface area contributed by atoms with Gasteiger partial charge >= 0.3 is 6.18 Å². The summed E-state index contributed by atoms with van der Waals surface area (Å²) in [5.74, 6) is -0.685. The van der Waals surface area contributed by atoms with Gasteiger partial charge in [-0.05, 0) is 17.7 Å². The smallest absolute Gasteiger partial charge is 0.347 e. The van der Waals surface area contributed by atoms with E-state index in [2.05, 4.69) is 5.10 Å². The minimum atomic E-state index is -4.40. The fraction of sp³-hybridized carbons (Fsp3) is 0.231. The van der Waals surface area contributed by atoms with Crippen molar-refractivity contribution in [3.05, 3.63) is 48.3 Å². The maximum absolute atomic E-state index is 11.9. The molecule has 7 heteroatoms. The van der Waals surface area contributed by atoms with Gasteiger partial charge in [-0.1, -0.05) is 18.2 Å². The lowest BCUT2D eigenvalue weighted by atomic mass is 10.2. The Hall–Kier alpha value is -2.31. The van der Waals surface area contributed by atoms with Gasteiger partial charge in [-0.25, -0.2) is 4.68 Å². The second-order valence-electron chi connectivity index (χ2n) is 4.20. The number of nitrogens with one attached hydrogen (secondary N) is 1. The first kappa shape index (κ1) is 14.1. The van der Waals surface area contributed by atoms with E-state index in [0.717, 1.165) is 5.69 Å². The lowest BCUT2D eigenvalue weighted by Crippen LogP contribution is -2.34. The van der Waals surface area contributed by atoms with Gasteiger partial charge < -0.3 is 5.32 Å². The largest absolute Gasteiger partial charge is 0.405 e. The average molecular weight is 283 g/mol. The van der Waals surface area contributed by atoms with Crippen LogP contribution in [0.25, 0.3) is 5.69 Å². The van der Waals surface area contributed by atoms with Crippen LogP contribution in [0.3, 0.4) is 0 Å². The standard InChI is InChI=1S/C13H12F3N3O/c14-13(15,16)9-17-12(20)6-10-7-18-19(8-10)11-4-2-1-3-5-11/h1-5,7-8H,6,9H2,(H,17,20). The molecular weight excluding hydrogens is 271 g/mol. The van der Waals surface area contributed by atoms with Crippen molar-refractivity contribution in [2.75, 3.05) is 6.54 Å². The molecule has 0 aliphatic rings. The van der Waals surface area contributed by atoms with Crippen LogP contribution >= 0.6 is 0 Å². The summed E-state index contributed by atoms with van der Waals surface area (Å²) in [6, 6.07) is 9.21. The first-order valence-corrected chi connectivity index (χ1v) is 5.86. The van der Waals surface area contributed by atoms with E-state index >= 15 is 0 Å². The highest BCUT2D eigenvalue weighted by molar-refractivity contribution is 5.78. The number of para-hydroxylation sites is 1. The van der Waals surface area contributed by atoms with Crippen LogP contribution in [0, 0.1) is 0 Å². The van der Waals surface area contributed by atoms with Crippen LogP contribution in [0.5, 0.6) is 0 Å². The monoisotopic (exact) mass is 283 g/mol. The molecule has 0 saturated carbocycles. The van der Waals surface area contributed by atoms with E-state index in [1.54, 1.807) is 10.9 Å². The molecule has 106 valence electrons. The summed E-state index contributed by atoms with van der Waals surface area (Å²) in [7, 11) is 0. The van der Waals surface area contributed by atoms with Crippen LogP contribution in [0.1, 0.15) is 5.56 Å². The van der Waals surface area contributed by atoms with Gasteiger partial charge in [0.25, 0.3) is 0 Å². The Bertz CT molecular complexity index is 578. The molecule has 4 nitrogen and oxygen atoms in total. The molecule has 1 heterocycles. The van der Waals surface area contributed by atoms with Crippen molar-refractivity contribution in [3.8, 4) is 5.69 Å². The zero-order valence-electron chi connectivity index (χ0n) is 10.4. The molecule has 0 spiro atoms. The summed E-state index contributed by atoms with van der Waals surface area (Å²) in [4.78, 5) is 11.4. The normalized spacial score (nSPS) is 11.3. The van der Waals surface area contributed by atoms with Crippen LogP contribution in [0.4, 0.5) is 13.2 Å². The van der Waals surface area contributed by atoms with Gasteiger partial charge in [-0.15, -0.1) is 0 Å². The molecule has 1 amide bonds. The predicted molar refractivity (Wildman–Crippen MR) is 66.3 cm³/mol. The molecule has 0 aliphatic heterocycles. The Morgan fingerprint density at radius 1 is 1.25 bits per heavy atom. The van der Waals surface area contributed by atoms with E-state index in [0.29, 0.717) is 5.56 Å². The average Bonchev–Trinajstić information content (AvgIpc) is 2.85. The molecule has 2 rings (SSSR count). The number of aromatic nitrogens is 2. The highest BCUT2D eigenvalue weighted by atomic mass is 19.4. The molecule has 1 N–H and O–H groups in total. The Labute approximate surface area is 113 Å². The number of alkyl halides is 3. The lowest BCUT2D eigenvalue weighted by Gasteiger charge is -2.07. The third-order valence-corrected chi connectivity index (χ3v) is 2.51. The van der Waals surface area contributed by atoms with Crippen LogP contribution in [0.15, 0.2) is 42.7 Å². The van der Waals surface area contributed by atoms with Crippen molar-refractivity contribution < 1.29 is 18.0 Å². The molecule has 2 aromatic rings. The molecule has 1 aromatic carbocycles. The number of amides is 1. The Kier molecular flexibility index (Phi) is 4.07. The fourth-order valence-electron chi connectivity index (χ4n) is 1.62. The van der Waals surface area contributed by atoms with Gasteiger partial charge in [-0.3, -0.25) is 4.79 Å². The van der Waals surface area contributed by atoms with E-state index in [1.165, 1.54) is 6.20 Å². The molecule has 1 aromatic heterocycles. The van der Waals surface area contributed by atoms with Crippen molar-refractivity contribution in [1.82, 2.24) is 15.1 Å². The maximum Gasteiger partial charge on any atom is 0.405 e. The molecule has 0 aliphatic carbocycles. The van der Waals surface area contributed by atoms with E-state index < -0.39 is 18.6 Å². The van der Waals surface area contributed by atoms with Gasteiger partial charge in [0.15, 0.2) is 0 Å². The summed E-state index contributed by atoms with van der Waals surface area (Å²) in [5, 5.41) is 5.88. The van der Waals surface area contributed by atoms with Crippen molar-refractivity contribution in [3.63, 3.8) is 0 Å². The molecule has 0 radical (unpaired) electrons. The summed E-state index contributed by atoms with van der Waals surface area (Å²) in [6.07, 6.45) is -1.46. The second kappa shape index (κ2) is 5.77. The molecule has 0 atom stereocenters. The van der Waals surface area contributed by atoms with Crippen LogP contribution in [0.2, 0.25) is 0 Å². The lowest BCUT2D eigenvalue weighted by molar-refractivity contribution is -0.138. The van der Waals surface area contributed by atoms with Crippen molar-refractivity contribution in [1.29, 1.82) is 0 Å². The number of hydrogen-bond acceptors (Lipinski definition) is 2. The van der Waals surface area contributed by atoms with Gasteiger partial charge in [0.05, 0.1) is 18.3 Å². The molecule has 0 unspecified atom stereocenters. The van der Waals surface area contributed by atoms with E-state index in [1.807, 2.05) is 35.6 Å². The van der Waals surface area contributed by atoms with Crippen LogP contribution in [-0.4, -0.2) is 28.4 Å². The molecule has 0 saturated heterocycles. The van der Waals surface area contributed by atoms with Crippen LogP contribution < -0.4 is 5.32 Å². The zero-order chi connectivity index (χ0) is 14.6. The SMILES string of the molecule is O=C(Cc1cnn(-c2ccccc2)c1)NCC(F)(F)F. The summed E-state index contributed by atoms with van der Waals surface area (Å²) < 4.78 is 37.4. The highest BCUT2D eigenvalue weighted by Gasteiger charge is 2.27. The number of rotatable bonds is 4. The quantitative estimate of drug-likeness (QED) is 0.934. The number of hydrogen-bond donors (Lipinski definition) is 1. The number of benzene rings is 1. The number of carbonyl (C=O) groups excluding carboxylic acids is 1. The topological polar surface area (TPSA) is 46.9 Å². The second-order valence-corrected chi connectivity index (χ2v) is 4.20. The van der Waals surface area contributed by atoms with Gasteiger partial charge in [0.1, 0.15) is 6.54 Å². The van der Waals surface area contributed by atoms with E-state index in [9.17, 15) is 18.0 Å². The Balaban J connectivity index is 1.95. The third-order valence-electron chi connectivity index (χ3n) is 2.51. The molecular formula is C13H12F3N3O. The predicted octanol–water partition coefficient (Wildman–Crippen LogP) is 2.09. The van der Waals surface area contributed by atoms with Gasteiger partial charge in [0, 0.05) is 6.20 Å². The third kappa shape index (κ3) is 4.11. The van der Waals surface area contributed by atoms with Gasteiger partial charge in [-0.2, -0.15) is 18.3 Å². The summed E-state index contributed by atoms with van der Waals surface area (Å²) in [5.41, 5.74) is 1.36. The van der Waals surface area contributed by atoms with Crippen molar-refractivity contribution in [2.24, 2.45) is 0 Å². The number of nitrogens with zero attached hydrogens (tertiary/aromatic N) is 2.